The lowest BCUT2D eigenvalue weighted by Crippen LogP contribution is -1.98. The van der Waals surface area contributed by atoms with Gasteiger partial charge in [-0.1, -0.05) is 37.1 Å². The second kappa shape index (κ2) is 7.38. The van der Waals surface area contributed by atoms with E-state index >= 15 is 0 Å². The molecule has 0 saturated carbocycles. The molecule has 0 atom stereocenters. The Bertz CT molecular complexity index is 629. The SMILES string of the molecule is CCCc1ccc(SNc2ccc(Cl)c(C(=O)O)c2)cc1. The fourth-order valence-corrected chi connectivity index (χ4v) is 2.72. The summed E-state index contributed by atoms with van der Waals surface area (Å²) in [4.78, 5) is 12.1. The van der Waals surface area contributed by atoms with E-state index in [-0.39, 0.29) is 10.6 Å². The van der Waals surface area contributed by atoms with E-state index in [1.165, 1.54) is 23.6 Å². The molecule has 2 aromatic rings. The van der Waals surface area contributed by atoms with Crippen LogP contribution < -0.4 is 4.72 Å². The topological polar surface area (TPSA) is 49.3 Å². The fraction of sp³-hybridized carbons (Fsp3) is 0.188. The number of carboxylic acids is 1. The van der Waals surface area contributed by atoms with Gasteiger partial charge in [0.15, 0.2) is 0 Å². The van der Waals surface area contributed by atoms with Gasteiger partial charge in [0, 0.05) is 10.6 Å². The Kier molecular flexibility index (Phi) is 5.53. The Hall–Kier alpha value is -1.65. The minimum atomic E-state index is -1.03. The summed E-state index contributed by atoms with van der Waals surface area (Å²) in [5.41, 5.74) is 2.13. The highest BCUT2D eigenvalue weighted by Crippen LogP contribution is 2.25. The van der Waals surface area contributed by atoms with Gasteiger partial charge in [-0.15, -0.1) is 0 Å². The molecule has 2 aromatic carbocycles. The molecule has 0 amide bonds. The summed E-state index contributed by atoms with van der Waals surface area (Å²) < 4.78 is 3.13. The molecule has 2 rings (SSSR count). The maximum absolute atomic E-state index is 11.0. The van der Waals surface area contributed by atoms with Crippen LogP contribution in [0.1, 0.15) is 29.3 Å². The third-order valence-electron chi connectivity index (χ3n) is 2.95. The first-order valence-corrected chi connectivity index (χ1v) is 7.84. The molecule has 2 N–H and O–H groups in total. The van der Waals surface area contributed by atoms with E-state index in [1.54, 1.807) is 12.1 Å². The highest BCUT2D eigenvalue weighted by molar-refractivity contribution is 8.00. The largest absolute Gasteiger partial charge is 0.478 e. The summed E-state index contributed by atoms with van der Waals surface area (Å²) in [7, 11) is 0. The number of rotatable bonds is 6. The molecule has 0 saturated heterocycles. The second-order valence-electron chi connectivity index (χ2n) is 4.60. The summed E-state index contributed by atoms with van der Waals surface area (Å²) in [6, 6.07) is 13.2. The van der Waals surface area contributed by atoms with Gasteiger partial charge in [-0.3, -0.25) is 0 Å². The molecule has 0 fully saturated rings. The molecule has 0 aromatic heterocycles. The predicted molar refractivity (Wildman–Crippen MR) is 88.3 cm³/mol. The van der Waals surface area contributed by atoms with Crippen molar-refractivity contribution < 1.29 is 9.90 Å². The Labute approximate surface area is 133 Å². The van der Waals surface area contributed by atoms with Crippen molar-refractivity contribution in [1.29, 1.82) is 0 Å². The zero-order valence-corrected chi connectivity index (χ0v) is 13.2. The molecular formula is C16H16ClNO2S. The van der Waals surface area contributed by atoms with E-state index in [0.29, 0.717) is 5.69 Å². The van der Waals surface area contributed by atoms with Crippen molar-refractivity contribution in [2.24, 2.45) is 0 Å². The van der Waals surface area contributed by atoms with E-state index in [0.717, 1.165) is 17.7 Å². The van der Waals surface area contributed by atoms with Gasteiger partial charge in [0.2, 0.25) is 0 Å². The van der Waals surface area contributed by atoms with Gasteiger partial charge >= 0.3 is 5.97 Å². The van der Waals surface area contributed by atoms with Crippen LogP contribution in [-0.2, 0) is 6.42 Å². The van der Waals surface area contributed by atoms with E-state index < -0.39 is 5.97 Å². The number of aromatic carboxylic acids is 1. The summed E-state index contributed by atoms with van der Waals surface area (Å²) in [6.45, 7) is 2.16. The maximum atomic E-state index is 11.0. The van der Waals surface area contributed by atoms with E-state index in [1.807, 2.05) is 0 Å². The Morgan fingerprint density at radius 3 is 2.57 bits per heavy atom. The van der Waals surface area contributed by atoms with Gasteiger partial charge in [0.25, 0.3) is 0 Å². The monoisotopic (exact) mass is 321 g/mol. The lowest BCUT2D eigenvalue weighted by molar-refractivity contribution is 0.0697. The Morgan fingerprint density at radius 2 is 1.95 bits per heavy atom. The van der Waals surface area contributed by atoms with Crippen LogP contribution >= 0.6 is 23.5 Å². The van der Waals surface area contributed by atoms with Crippen molar-refractivity contribution in [1.82, 2.24) is 0 Å². The molecule has 5 heteroatoms. The number of aryl methyl sites for hydroxylation is 1. The molecule has 0 aliphatic heterocycles. The molecule has 0 unspecified atom stereocenters. The second-order valence-corrected chi connectivity index (χ2v) is 5.88. The van der Waals surface area contributed by atoms with Gasteiger partial charge in [0.1, 0.15) is 0 Å². The fourth-order valence-electron chi connectivity index (χ4n) is 1.88. The van der Waals surface area contributed by atoms with Crippen LogP contribution in [0.5, 0.6) is 0 Å². The normalized spacial score (nSPS) is 10.4. The summed E-state index contributed by atoms with van der Waals surface area (Å²) in [5, 5.41) is 9.28. The van der Waals surface area contributed by atoms with Gasteiger partial charge in [-0.05, 0) is 54.3 Å². The first-order chi connectivity index (χ1) is 10.1. The van der Waals surface area contributed by atoms with Crippen molar-refractivity contribution in [2.75, 3.05) is 4.72 Å². The van der Waals surface area contributed by atoms with Crippen LogP contribution in [0.15, 0.2) is 47.4 Å². The maximum Gasteiger partial charge on any atom is 0.337 e. The number of hydrogen-bond donors (Lipinski definition) is 2. The van der Waals surface area contributed by atoms with Crippen molar-refractivity contribution >= 4 is 35.2 Å². The van der Waals surface area contributed by atoms with Gasteiger partial charge < -0.3 is 9.83 Å². The minimum absolute atomic E-state index is 0.0977. The standard InChI is InChI=1S/C16H16ClNO2S/c1-2-3-11-4-7-13(8-5-11)21-18-12-6-9-15(17)14(10-12)16(19)20/h4-10,18H,2-3H2,1H3,(H,19,20). The van der Waals surface area contributed by atoms with E-state index in [4.69, 9.17) is 16.7 Å². The summed E-state index contributed by atoms with van der Waals surface area (Å²) >= 11 is 7.28. The molecule has 0 aliphatic rings. The molecule has 0 aliphatic carbocycles. The van der Waals surface area contributed by atoms with Crippen molar-refractivity contribution in [3.63, 3.8) is 0 Å². The number of halogens is 1. The highest BCUT2D eigenvalue weighted by Gasteiger charge is 2.09. The van der Waals surface area contributed by atoms with Gasteiger partial charge in [-0.25, -0.2) is 4.79 Å². The predicted octanol–water partition coefficient (Wildman–Crippen LogP) is 5.11. The summed E-state index contributed by atoms with van der Waals surface area (Å²) in [5.74, 6) is -1.03. The van der Waals surface area contributed by atoms with Gasteiger partial charge in [-0.2, -0.15) is 0 Å². The molecule has 3 nitrogen and oxygen atoms in total. The number of nitrogens with one attached hydrogen (secondary N) is 1. The molecule has 0 spiro atoms. The van der Waals surface area contributed by atoms with Crippen LogP contribution in [0.3, 0.4) is 0 Å². The van der Waals surface area contributed by atoms with Crippen LogP contribution in [0, 0.1) is 0 Å². The lowest BCUT2D eigenvalue weighted by atomic mass is 10.1. The van der Waals surface area contributed by atoms with E-state index in [2.05, 4.69) is 35.9 Å². The summed E-state index contributed by atoms with van der Waals surface area (Å²) in [6.07, 6.45) is 2.21. The highest BCUT2D eigenvalue weighted by atomic mass is 35.5. The number of carboxylic acid groups (broad SMARTS) is 1. The van der Waals surface area contributed by atoms with Gasteiger partial charge in [0.05, 0.1) is 10.6 Å². The van der Waals surface area contributed by atoms with Crippen molar-refractivity contribution in [3.05, 3.63) is 58.6 Å². The lowest BCUT2D eigenvalue weighted by Gasteiger charge is -2.08. The zero-order chi connectivity index (χ0) is 15.2. The molecule has 110 valence electrons. The number of hydrogen-bond acceptors (Lipinski definition) is 3. The smallest absolute Gasteiger partial charge is 0.337 e. The molecular weight excluding hydrogens is 306 g/mol. The van der Waals surface area contributed by atoms with Crippen molar-refractivity contribution in [2.45, 2.75) is 24.7 Å². The molecule has 0 heterocycles. The third kappa shape index (κ3) is 4.41. The third-order valence-corrected chi connectivity index (χ3v) is 4.12. The average Bonchev–Trinajstić information content (AvgIpc) is 2.48. The van der Waals surface area contributed by atoms with E-state index in [9.17, 15) is 4.79 Å². The number of benzene rings is 2. The average molecular weight is 322 g/mol. The quantitative estimate of drug-likeness (QED) is 0.726. The Morgan fingerprint density at radius 1 is 1.24 bits per heavy atom. The molecule has 0 bridgehead atoms. The van der Waals surface area contributed by atoms with Crippen LogP contribution in [-0.4, -0.2) is 11.1 Å². The molecule has 0 radical (unpaired) electrons. The van der Waals surface area contributed by atoms with Crippen LogP contribution in [0.4, 0.5) is 5.69 Å². The first kappa shape index (κ1) is 15.7. The first-order valence-electron chi connectivity index (χ1n) is 6.65. The van der Waals surface area contributed by atoms with Crippen molar-refractivity contribution in [3.8, 4) is 0 Å². The van der Waals surface area contributed by atoms with Crippen LogP contribution in [0.2, 0.25) is 5.02 Å². The number of anilines is 1. The Balaban J connectivity index is 2.02. The minimum Gasteiger partial charge on any atom is -0.478 e. The number of carbonyl (C=O) groups is 1. The van der Waals surface area contributed by atoms with Crippen LogP contribution in [0.25, 0.3) is 0 Å². The zero-order valence-electron chi connectivity index (χ0n) is 11.6. The molecule has 21 heavy (non-hydrogen) atoms.